The van der Waals surface area contributed by atoms with E-state index in [2.05, 4.69) is 10.3 Å². The molecule has 0 aliphatic heterocycles. The zero-order valence-corrected chi connectivity index (χ0v) is 16.4. The number of fused-ring (bicyclic) bond motifs is 1. The number of carbonyl (C=O) groups is 1. The predicted molar refractivity (Wildman–Crippen MR) is 112 cm³/mol. The van der Waals surface area contributed by atoms with Crippen molar-refractivity contribution >= 4 is 17.0 Å². The third-order valence-corrected chi connectivity index (χ3v) is 4.80. The van der Waals surface area contributed by atoms with Gasteiger partial charge in [-0.2, -0.15) is 0 Å². The molecule has 0 aliphatic rings. The number of ether oxygens (including phenoxy) is 1. The van der Waals surface area contributed by atoms with E-state index in [4.69, 9.17) is 9.15 Å². The molecule has 0 bridgehead atoms. The van der Waals surface area contributed by atoms with Gasteiger partial charge in [0.05, 0.1) is 5.52 Å². The Labute approximate surface area is 172 Å². The fraction of sp³-hybridized carbons (Fsp3) is 0.174. The molecule has 1 N–H and O–H groups in total. The molecule has 1 unspecified atom stereocenters. The van der Waals surface area contributed by atoms with Crippen molar-refractivity contribution in [2.45, 2.75) is 26.1 Å². The van der Waals surface area contributed by atoms with Gasteiger partial charge in [-0.25, -0.2) is 4.79 Å². The van der Waals surface area contributed by atoms with Crippen molar-refractivity contribution in [2.75, 3.05) is 0 Å². The molecular weight excluding hydrogens is 382 g/mol. The number of nitrogens with zero attached hydrogens (tertiary/aromatic N) is 2. The summed E-state index contributed by atoms with van der Waals surface area (Å²) < 4.78 is 12.3. The molecule has 2 aromatic heterocycles. The first-order chi connectivity index (χ1) is 14.6. The number of rotatable bonds is 7. The van der Waals surface area contributed by atoms with Crippen LogP contribution in [0.15, 0.2) is 82.3 Å². The van der Waals surface area contributed by atoms with Crippen LogP contribution >= 0.6 is 0 Å². The van der Waals surface area contributed by atoms with Crippen molar-refractivity contribution in [3.63, 3.8) is 0 Å². The molecule has 4 aromatic rings. The van der Waals surface area contributed by atoms with Crippen molar-refractivity contribution in [3.05, 3.63) is 94.7 Å². The first-order valence-electron chi connectivity index (χ1n) is 9.60. The summed E-state index contributed by atoms with van der Waals surface area (Å²) in [4.78, 5) is 28.8. The smallest absolute Gasteiger partial charge is 0.420 e. The summed E-state index contributed by atoms with van der Waals surface area (Å²) in [5.41, 5.74) is 2.97. The van der Waals surface area contributed by atoms with Crippen LogP contribution in [0.1, 0.15) is 24.1 Å². The Balaban J connectivity index is 1.35. The third-order valence-electron chi connectivity index (χ3n) is 4.80. The molecule has 30 heavy (non-hydrogen) atoms. The van der Waals surface area contributed by atoms with E-state index >= 15 is 0 Å². The second-order valence-corrected chi connectivity index (χ2v) is 6.89. The monoisotopic (exact) mass is 403 g/mol. The lowest BCUT2D eigenvalue weighted by Crippen LogP contribution is -2.34. The van der Waals surface area contributed by atoms with Gasteiger partial charge in [0.2, 0.25) is 5.91 Å². The number of carbonyl (C=O) groups excluding carboxylic acids is 1. The van der Waals surface area contributed by atoms with Crippen LogP contribution in [0.5, 0.6) is 5.75 Å². The minimum Gasteiger partial charge on any atom is -0.489 e. The Bertz CT molecular complexity index is 1200. The Morgan fingerprint density at radius 2 is 1.90 bits per heavy atom. The lowest BCUT2D eigenvalue weighted by molar-refractivity contribution is -0.124. The Morgan fingerprint density at radius 3 is 2.67 bits per heavy atom. The fourth-order valence-electron chi connectivity index (χ4n) is 3.16. The molecule has 0 saturated heterocycles. The Morgan fingerprint density at radius 1 is 1.10 bits per heavy atom. The first-order valence-corrected chi connectivity index (χ1v) is 9.60. The summed E-state index contributed by atoms with van der Waals surface area (Å²) in [5.74, 6) is -0.0757. The molecule has 2 heterocycles. The average Bonchev–Trinajstić information content (AvgIpc) is 3.12. The van der Waals surface area contributed by atoms with Crippen molar-refractivity contribution in [3.8, 4) is 5.75 Å². The van der Waals surface area contributed by atoms with Gasteiger partial charge in [-0.1, -0.05) is 30.3 Å². The van der Waals surface area contributed by atoms with Gasteiger partial charge in [-0.05, 0) is 42.8 Å². The van der Waals surface area contributed by atoms with E-state index in [9.17, 15) is 9.59 Å². The number of oxazole rings is 1. The topological polar surface area (TPSA) is 86.4 Å². The van der Waals surface area contributed by atoms with Crippen LogP contribution in [-0.2, 0) is 17.9 Å². The lowest BCUT2D eigenvalue weighted by atomic mass is 10.2. The van der Waals surface area contributed by atoms with E-state index in [0.717, 1.165) is 16.9 Å². The highest BCUT2D eigenvalue weighted by Crippen LogP contribution is 2.17. The number of hydrogen-bond donors (Lipinski definition) is 1. The number of para-hydroxylation sites is 2. The van der Waals surface area contributed by atoms with Crippen LogP contribution in [0.3, 0.4) is 0 Å². The van der Waals surface area contributed by atoms with Crippen molar-refractivity contribution in [2.24, 2.45) is 0 Å². The maximum atomic E-state index is 12.6. The summed E-state index contributed by atoms with van der Waals surface area (Å²) in [6, 6.07) is 17.7. The van der Waals surface area contributed by atoms with Gasteiger partial charge in [0, 0.05) is 24.5 Å². The summed E-state index contributed by atoms with van der Waals surface area (Å²) in [7, 11) is 0. The highest BCUT2D eigenvalue weighted by Gasteiger charge is 2.20. The van der Waals surface area contributed by atoms with E-state index < -0.39 is 11.8 Å². The molecule has 7 nitrogen and oxygen atoms in total. The molecule has 4 rings (SSSR count). The van der Waals surface area contributed by atoms with Gasteiger partial charge in [0.15, 0.2) is 5.58 Å². The van der Waals surface area contributed by atoms with Gasteiger partial charge >= 0.3 is 5.76 Å². The van der Waals surface area contributed by atoms with E-state index in [1.165, 1.54) is 4.57 Å². The molecular formula is C23H21N3O4. The summed E-state index contributed by atoms with van der Waals surface area (Å²) in [6.45, 7) is 2.46. The summed E-state index contributed by atoms with van der Waals surface area (Å²) in [6.07, 6.45) is 3.48. The van der Waals surface area contributed by atoms with E-state index in [0.29, 0.717) is 24.3 Å². The van der Waals surface area contributed by atoms with Crippen LogP contribution in [-0.4, -0.2) is 15.5 Å². The van der Waals surface area contributed by atoms with Gasteiger partial charge in [-0.3, -0.25) is 14.3 Å². The summed E-state index contributed by atoms with van der Waals surface area (Å²) in [5, 5.41) is 2.87. The lowest BCUT2D eigenvalue weighted by Gasteiger charge is -2.13. The van der Waals surface area contributed by atoms with Crippen molar-refractivity contribution < 1.29 is 13.9 Å². The molecule has 0 radical (unpaired) electrons. The number of pyridine rings is 1. The first kappa shape index (κ1) is 19.4. The Kier molecular flexibility index (Phi) is 5.61. The van der Waals surface area contributed by atoms with Crippen LogP contribution < -0.4 is 15.8 Å². The normalized spacial score (nSPS) is 11.9. The average molecular weight is 403 g/mol. The molecule has 1 atom stereocenters. The highest BCUT2D eigenvalue weighted by atomic mass is 16.5. The molecule has 0 fully saturated rings. The van der Waals surface area contributed by atoms with Gasteiger partial charge in [0.25, 0.3) is 0 Å². The minimum absolute atomic E-state index is 0.263. The largest absolute Gasteiger partial charge is 0.489 e. The molecule has 1 amide bonds. The second kappa shape index (κ2) is 8.65. The number of amides is 1. The quantitative estimate of drug-likeness (QED) is 0.511. The number of nitrogens with one attached hydrogen (secondary N) is 1. The standard InChI is InChI=1S/C23H21N3O4/c1-16(26-20-6-2-3-7-21(20)30-23(26)28)22(27)25-14-17-8-10-19(11-9-17)29-15-18-5-4-12-24-13-18/h2-13,16H,14-15H2,1H3,(H,25,27). The molecule has 7 heteroatoms. The molecule has 152 valence electrons. The van der Waals surface area contributed by atoms with Crippen LogP contribution in [0, 0.1) is 0 Å². The Hall–Kier alpha value is -3.87. The molecule has 0 saturated carbocycles. The van der Waals surface area contributed by atoms with Gasteiger partial charge < -0.3 is 14.5 Å². The second-order valence-electron chi connectivity index (χ2n) is 6.89. The number of hydrogen-bond acceptors (Lipinski definition) is 5. The zero-order chi connectivity index (χ0) is 20.9. The van der Waals surface area contributed by atoms with E-state index in [-0.39, 0.29) is 5.91 Å². The minimum atomic E-state index is -0.691. The highest BCUT2D eigenvalue weighted by molar-refractivity contribution is 5.82. The van der Waals surface area contributed by atoms with Crippen LogP contribution in [0.2, 0.25) is 0 Å². The molecule has 0 spiro atoms. The third kappa shape index (κ3) is 4.25. The van der Waals surface area contributed by atoms with Crippen molar-refractivity contribution in [1.29, 1.82) is 0 Å². The van der Waals surface area contributed by atoms with E-state index in [1.54, 1.807) is 43.6 Å². The van der Waals surface area contributed by atoms with Crippen LogP contribution in [0.4, 0.5) is 0 Å². The maximum absolute atomic E-state index is 12.6. The SMILES string of the molecule is CC(C(=O)NCc1ccc(OCc2cccnc2)cc1)n1c(=O)oc2ccccc21. The van der Waals surface area contributed by atoms with Gasteiger partial charge in [0.1, 0.15) is 18.4 Å². The maximum Gasteiger partial charge on any atom is 0.420 e. The summed E-state index contributed by atoms with van der Waals surface area (Å²) >= 11 is 0. The predicted octanol–water partition coefficient (Wildman–Crippen LogP) is 3.45. The fourth-order valence-corrected chi connectivity index (χ4v) is 3.16. The number of aromatic nitrogens is 2. The van der Waals surface area contributed by atoms with E-state index in [1.807, 2.05) is 36.4 Å². The van der Waals surface area contributed by atoms with Crippen molar-refractivity contribution in [1.82, 2.24) is 14.9 Å². The zero-order valence-electron chi connectivity index (χ0n) is 16.4. The molecule has 0 aliphatic carbocycles. The van der Waals surface area contributed by atoms with Crippen LogP contribution in [0.25, 0.3) is 11.1 Å². The number of benzene rings is 2. The van der Waals surface area contributed by atoms with Gasteiger partial charge in [-0.15, -0.1) is 0 Å². The molecule has 2 aromatic carbocycles.